The third-order valence-corrected chi connectivity index (χ3v) is 3.42. The Bertz CT molecular complexity index is 586. The fourth-order valence-corrected chi connectivity index (χ4v) is 2.21. The van der Waals surface area contributed by atoms with Gasteiger partial charge in [0, 0.05) is 18.8 Å². The molecule has 1 aromatic rings. The molecule has 0 saturated heterocycles. The minimum atomic E-state index is -0.241. The van der Waals surface area contributed by atoms with Crippen LogP contribution in [0.5, 0.6) is 0 Å². The summed E-state index contributed by atoms with van der Waals surface area (Å²) < 4.78 is 0. The van der Waals surface area contributed by atoms with E-state index in [0.29, 0.717) is 11.4 Å². The van der Waals surface area contributed by atoms with Gasteiger partial charge in [0.1, 0.15) is 0 Å². The van der Waals surface area contributed by atoms with E-state index >= 15 is 0 Å². The van der Waals surface area contributed by atoms with Gasteiger partial charge in [-0.3, -0.25) is 4.79 Å². The van der Waals surface area contributed by atoms with Gasteiger partial charge in [0.15, 0.2) is 5.71 Å². The first-order chi connectivity index (χ1) is 9.56. The van der Waals surface area contributed by atoms with Crippen LogP contribution in [0.3, 0.4) is 0 Å². The van der Waals surface area contributed by atoms with E-state index in [2.05, 4.69) is 40.3 Å². The second kappa shape index (κ2) is 5.86. The van der Waals surface area contributed by atoms with E-state index in [1.165, 1.54) is 5.69 Å². The van der Waals surface area contributed by atoms with Crippen LogP contribution in [0.1, 0.15) is 26.3 Å². The highest BCUT2D eigenvalue weighted by molar-refractivity contribution is 6.68. The molecule has 0 fully saturated rings. The van der Waals surface area contributed by atoms with E-state index in [4.69, 9.17) is 0 Å². The summed E-state index contributed by atoms with van der Waals surface area (Å²) in [6, 6.07) is 6.10. The first-order valence-electron chi connectivity index (χ1n) is 6.86. The van der Waals surface area contributed by atoms with Crippen LogP contribution in [0, 0.1) is 6.92 Å². The number of nitrogens with zero attached hydrogens (tertiary/aromatic N) is 3. The van der Waals surface area contributed by atoms with Gasteiger partial charge in [-0.2, -0.15) is 5.10 Å². The molecule has 5 nitrogen and oxygen atoms in total. The van der Waals surface area contributed by atoms with E-state index < -0.39 is 0 Å². The minimum Gasteiger partial charge on any atom is -0.372 e. The lowest BCUT2D eigenvalue weighted by Crippen LogP contribution is -2.22. The SMILES string of the molecule is CCN(CC)c1ccc(N=C2C(=O)NN=C2C)c(C)c1. The Morgan fingerprint density at radius 3 is 2.45 bits per heavy atom. The van der Waals surface area contributed by atoms with E-state index in [9.17, 15) is 4.79 Å². The van der Waals surface area contributed by atoms with E-state index in [1.54, 1.807) is 6.92 Å². The molecule has 1 amide bonds. The molecule has 1 aliphatic rings. The molecule has 20 heavy (non-hydrogen) atoms. The fourth-order valence-electron chi connectivity index (χ4n) is 2.21. The largest absolute Gasteiger partial charge is 0.372 e. The molecule has 106 valence electrons. The highest BCUT2D eigenvalue weighted by Crippen LogP contribution is 2.25. The Balaban J connectivity index is 2.33. The topological polar surface area (TPSA) is 57.1 Å². The normalized spacial score (nSPS) is 16.3. The van der Waals surface area contributed by atoms with Crippen LogP contribution >= 0.6 is 0 Å². The third kappa shape index (κ3) is 2.71. The number of nitrogens with one attached hydrogen (secondary N) is 1. The second-order valence-corrected chi connectivity index (χ2v) is 4.74. The van der Waals surface area contributed by atoms with Gasteiger partial charge in [0.05, 0.1) is 11.4 Å². The first-order valence-corrected chi connectivity index (χ1v) is 6.86. The lowest BCUT2D eigenvalue weighted by Gasteiger charge is -2.21. The highest BCUT2D eigenvalue weighted by Gasteiger charge is 2.21. The van der Waals surface area contributed by atoms with Crippen molar-refractivity contribution in [2.45, 2.75) is 27.7 Å². The smallest absolute Gasteiger partial charge is 0.291 e. The number of carbonyl (C=O) groups is 1. The van der Waals surface area contributed by atoms with Crippen LogP contribution in [0.4, 0.5) is 11.4 Å². The molecule has 0 bridgehead atoms. The Kier molecular flexibility index (Phi) is 4.17. The number of benzene rings is 1. The van der Waals surface area contributed by atoms with Gasteiger partial charge in [0.25, 0.3) is 5.91 Å². The van der Waals surface area contributed by atoms with Gasteiger partial charge in [-0.1, -0.05) is 0 Å². The van der Waals surface area contributed by atoms with Gasteiger partial charge in [-0.25, -0.2) is 10.4 Å². The van der Waals surface area contributed by atoms with Crippen molar-refractivity contribution in [3.8, 4) is 0 Å². The number of rotatable bonds is 4. The van der Waals surface area contributed by atoms with Crippen molar-refractivity contribution in [2.75, 3.05) is 18.0 Å². The summed E-state index contributed by atoms with van der Waals surface area (Å²) in [6.45, 7) is 9.99. The summed E-state index contributed by atoms with van der Waals surface area (Å²) in [7, 11) is 0. The zero-order chi connectivity index (χ0) is 14.7. The summed E-state index contributed by atoms with van der Waals surface area (Å²) in [4.78, 5) is 18.3. The molecule has 0 unspecified atom stereocenters. The Morgan fingerprint density at radius 1 is 1.25 bits per heavy atom. The number of anilines is 1. The summed E-state index contributed by atoms with van der Waals surface area (Å²) in [6.07, 6.45) is 0. The van der Waals surface area contributed by atoms with Crippen molar-refractivity contribution in [2.24, 2.45) is 10.1 Å². The van der Waals surface area contributed by atoms with Crippen LogP contribution in [0.2, 0.25) is 0 Å². The molecule has 0 aromatic heterocycles. The van der Waals surface area contributed by atoms with E-state index in [0.717, 1.165) is 24.3 Å². The van der Waals surface area contributed by atoms with Crippen molar-refractivity contribution < 1.29 is 4.79 Å². The zero-order valence-electron chi connectivity index (χ0n) is 12.4. The first kappa shape index (κ1) is 14.2. The molecule has 0 saturated carbocycles. The number of aliphatic imine (C=N–C) groups is 1. The van der Waals surface area contributed by atoms with Crippen LogP contribution in [0.25, 0.3) is 0 Å². The third-order valence-electron chi connectivity index (χ3n) is 3.42. The van der Waals surface area contributed by atoms with Gasteiger partial charge < -0.3 is 4.90 Å². The van der Waals surface area contributed by atoms with Gasteiger partial charge in [-0.15, -0.1) is 0 Å². The molecular formula is C15H20N4O. The Morgan fingerprint density at radius 2 is 1.95 bits per heavy atom. The molecule has 0 atom stereocenters. The number of amides is 1. The molecule has 1 aliphatic heterocycles. The van der Waals surface area contributed by atoms with Crippen LogP contribution in [-0.2, 0) is 4.79 Å². The van der Waals surface area contributed by atoms with Crippen molar-refractivity contribution in [1.82, 2.24) is 5.43 Å². The fraction of sp³-hybridized carbons (Fsp3) is 0.400. The van der Waals surface area contributed by atoms with Gasteiger partial charge >= 0.3 is 0 Å². The van der Waals surface area contributed by atoms with Gasteiger partial charge in [0.2, 0.25) is 0 Å². The summed E-state index contributed by atoms with van der Waals surface area (Å²) >= 11 is 0. The zero-order valence-corrected chi connectivity index (χ0v) is 12.4. The monoisotopic (exact) mass is 272 g/mol. The average molecular weight is 272 g/mol. The van der Waals surface area contributed by atoms with Crippen LogP contribution < -0.4 is 10.3 Å². The second-order valence-electron chi connectivity index (χ2n) is 4.74. The average Bonchev–Trinajstić information content (AvgIpc) is 2.74. The van der Waals surface area contributed by atoms with Crippen molar-refractivity contribution >= 4 is 28.7 Å². The Hall–Kier alpha value is -2.17. The van der Waals surface area contributed by atoms with E-state index in [1.807, 2.05) is 19.1 Å². The highest BCUT2D eigenvalue weighted by atomic mass is 16.2. The minimum absolute atomic E-state index is 0.241. The Labute approximate surface area is 119 Å². The maximum atomic E-state index is 11.6. The quantitative estimate of drug-likeness (QED) is 0.915. The van der Waals surface area contributed by atoms with Crippen LogP contribution in [0.15, 0.2) is 28.3 Å². The molecule has 0 aliphatic carbocycles. The molecule has 5 heteroatoms. The van der Waals surface area contributed by atoms with Crippen LogP contribution in [-0.4, -0.2) is 30.4 Å². The maximum absolute atomic E-state index is 11.6. The molecule has 0 radical (unpaired) electrons. The molecule has 0 spiro atoms. The molecule has 2 rings (SSSR count). The number of hydrazone groups is 1. The number of carbonyl (C=O) groups excluding carboxylic acids is 1. The van der Waals surface area contributed by atoms with Gasteiger partial charge in [-0.05, 0) is 51.5 Å². The standard InChI is InChI=1S/C15H20N4O/c1-5-19(6-2)12-7-8-13(10(3)9-12)16-14-11(4)17-18-15(14)20/h7-9H,5-6H2,1-4H3,(H,16,18,20). The number of hydrogen-bond acceptors (Lipinski definition) is 4. The lowest BCUT2D eigenvalue weighted by atomic mass is 10.1. The molecule has 1 aromatic carbocycles. The maximum Gasteiger partial charge on any atom is 0.291 e. The molecule has 1 N–H and O–H groups in total. The number of aryl methyl sites for hydroxylation is 1. The molecule has 1 heterocycles. The summed E-state index contributed by atoms with van der Waals surface area (Å²) in [5, 5.41) is 3.87. The number of hydrogen-bond donors (Lipinski definition) is 1. The van der Waals surface area contributed by atoms with Crippen molar-refractivity contribution in [3.05, 3.63) is 23.8 Å². The molecular weight excluding hydrogens is 252 g/mol. The van der Waals surface area contributed by atoms with E-state index in [-0.39, 0.29) is 5.91 Å². The summed E-state index contributed by atoms with van der Waals surface area (Å²) in [5.74, 6) is -0.241. The lowest BCUT2D eigenvalue weighted by molar-refractivity contribution is -0.114. The predicted molar refractivity (Wildman–Crippen MR) is 83.1 cm³/mol. The predicted octanol–water partition coefficient (Wildman–Crippen LogP) is 2.42. The van der Waals surface area contributed by atoms with Crippen molar-refractivity contribution in [3.63, 3.8) is 0 Å². The van der Waals surface area contributed by atoms with Crippen molar-refractivity contribution in [1.29, 1.82) is 0 Å². The summed E-state index contributed by atoms with van der Waals surface area (Å²) in [5.41, 5.74) is 6.47.